The van der Waals surface area contributed by atoms with Crippen LogP contribution in [0, 0.1) is 0 Å². The maximum Gasteiger partial charge on any atom is 0.416 e. The first-order chi connectivity index (χ1) is 14.3. The molecule has 1 saturated heterocycles. The summed E-state index contributed by atoms with van der Waals surface area (Å²) in [6.07, 6.45) is -10.2. The maximum absolute atomic E-state index is 13.2. The van der Waals surface area contributed by atoms with Crippen LogP contribution in [-0.4, -0.2) is 23.3 Å². The van der Waals surface area contributed by atoms with E-state index in [0.29, 0.717) is 16.6 Å². The molecular weight excluding hydrogens is 512 g/mol. The van der Waals surface area contributed by atoms with Crippen molar-refractivity contribution in [3.8, 4) is 0 Å². The monoisotopic (exact) mass is 527 g/mol. The van der Waals surface area contributed by atoms with Crippen LogP contribution < -0.4 is 0 Å². The zero-order valence-corrected chi connectivity index (χ0v) is 18.5. The summed E-state index contributed by atoms with van der Waals surface area (Å²) in [4.78, 5) is 14.7. The van der Waals surface area contributed by atoms with Crippen molar-refractivity contribution in [2.45, 2.75) is 42.9 Å². The van der Waals surface area contributed by atoms with Crippen molar-refractivity contribution in [2.75, 3.05) is 6.26 Å². The van der Waals surface area contributed by atoms with Crippen molar-refractivity contribution in [3.63, 3.8) is 0 Å². The summed E-state index contributed by atoms with van der Waals surface area (Å²) in [5.74, 6) is 0. The molecule has 0 aliphatic carbocycles. The highest BCUT2D eigenvalue weighted by Gasteiger charge is 2.43. The lowest BCUT2D eigenvalue weighted by Gasteiger charge is -2.23. The Hall–Kier alpha value is -1.88. The number of hydrogen-bond donors (Lipinski definition) is 0. The lowest BCUT2D eigenvalue weighted by Crippen LogP contribution is -2.31. The second-order valence-corrected chi connectivity index (χ2v) is 8.70. The zero-order valence-electron chi connectivity index (χ0n) is 16.1. The van der Waals surface area contributed by atoms with Crippen molar-refractivity contribution >= 4 is 33.8 Å². The number of rotatable bonds is 4. The Balaban J connectivity index is 1.96. The van der Waals surface area contributed by atoms with Gasteiger partial charge in [-0.2, -0.15) is 26.3 Å². The lowest BCUT2D eigenvalue weighted by atomic mass is 9.97. The number of amides is 1. The molecule has 2 unspecified atom stereocenters. The molecule has 11 heteroatoms. The molecule has 2 aromatic rings. The van der Waals surface area contributed by atoms with Crippen molar-refractivity contribution in [2.24, 2.45) is 0 Å². The van der Waals surface area contributed by atoms with Crippen LogP contribution in [0.3, 0.4) is 0 Å². The van der Waals surface area contributed by atoms with Crippen LogP contribution in [0.4, 0.5) is 31.1 Å². The van der Waals surface area contributed by atoms with E-state index in [9.17, 15) is 31.1 Å². The molecule has 0 spiro atoms. The number of thioether (sulfide) groups is 1. The molecule has 0 aromatic heterocycles. The number of carbonyl (C=O) groups excluding carboxylic acids is 1. The van der Waals surface area contributed by atoms with Crippen molar-refractivity contribution < 1.29 is 35.9 Å². The Morgan fingerprint density at radius 2 is 1.61 bits per heavy atom. The molecule has 0 radical (unpaired) electrons. The van der Waals surface area contributed by atoms with E-state index < -0.39 is 41.7 Å². The Bertz CT molecular complexity index is 962. The van der Waals surface area contributed by atoms with E-state index in [-0.39, 0.29) is 18.2 Å². The predicted molar refractivity (Wildman–Crippen MR) is 107 cm³/mol. The van der Waals surface area contributed by atoms with Crippen molar-refractivity contribution in [1.29, 1.82) is 0 Å². The molecular formula is C20H16BrF6NO2S. The highest BCUT2D eigenvalue weighted by molar-refractivity contribution is 9.10. The molecule has 0 N–H and O–H groups in total. The minimum Gasteiger partial charge on any atom is -0.439 e. The molecule has 2 aromatic carbocycles. The number of cyclic esters (lactones) is 1. The molecule has 1 heterocycles. The predicted octanol–water partition coefficient (Wildman–Crippen LogP) is 7.29. The van der Waals surface area contributed by atoms with Gasteiger partial charge in [0, 0.05) is 9.37 Å². The maximum atomic E-state index is 13.2. The topological polar surface area (TPSA) is 29.5 Å². The van der Waals surface area contributed by atoms with Gasteiger partial charge in [-0.05, 0) is 60.7 Å². The lowest BCUT2D eigenvalue weighted by molar-refractivity contribution is -0.143. The molecule has 1 amide bonds. The van der Waals surface area contributed by atoms with Crippen LogP contribution in [-0.2, 0) is 23.6 Å². The summed E-state index contributed by atoms with van der Waals surface area (Å²) >= 11 is 4.88. The van der Waals surface area contributed by atoms with Gasteiger partial charge in [-0.3, -0.25) is 4.90 Å². The van der Waals surface area contributed by atoms with E-state index in [1.807, 2.05) is 18.4 Å². The summed E-state index contributed by atoms with van der Waals surface area (Å²) in [5.41, 5.74) is -2.53. The molecule has 31 heavy (non-hydrogen) atoms. The van der Waals surface area contributed by atoms with Crippen molar-refractivity contribution in [3.05, 3.63) is 63.1 Å². The van der Waals surface area contributed by atoms with Gasteiger partial charge in [0.15, 0.2) is 0 Å². The van der Waals surface area contributed by atoms with Crippen LogP contribution in [0.2, 0.25) is 0 Å². The second-order valence-electron chi connectivity index (χ2n) is 6.97. The molecule has 3 nitrogen and oxygen atoms in total. The van der Waals surface area contributed by atoms with E-state index in [2.05, 4.69) is 15.9 Å². The highest BCUT2D eigenvalue weighted by atomic mass is 79.9. The van der Waals surface area contributed by atoms with Gasteiger partial charge in [0.05, 0.1) is 23.7 Å². The number of ether oxygens (including phenoxy) is 1. The van der Waals surface area contributed by atoms with E-state index in [0.717, 1.165) is 10.5 Å². The average molecular weight is 528 g/mol. The third-order valence-electron chi connectivity index (χ3n) is 4.92. The summed E-state index contributed by atoms with van der Waals surface area (Å²) in [6, 6.07) is 5.96. The fourth-order valence-electron chi connectivity index (χ4n) is 3.29. The third-order valence-corrected chi connectivity index (χ3v) is 6.42. The van der Waals surface area contributed by atoms with E-state index >= 15 is 0 Å². The Kier molecular flexibility index (Phi) is 6.57. The smallest absolute Gasteiger partial charge is 0.416 e. The fourth-order valence-corrected chi connectivity index (χ4v) is 4.12. The van der Waals surface area contributed by atoms with Gasteiger partial charge in [-0.15, -0.1) is 11.8 Å². The second kappa shape index (κ2) is 8.57. The number of carbonyl (C=O) groups is 1. The summed E-state index contributed by atoms with van der Waals surface area (Å²) in [6.45, 7) is 1.60. The summed E-state index contributed by atoms with van der Waals surface area (Å²) in [5, 5.41) is 0. The van der Waals surface area contributed by atoms with Gasteiger partial charge in [0.25, 0.3) is 0 Å². The first-order valence-electron chi connectivity index (χ1n) is 8.90. The SMILES string of the molecule is CSc1ccc(Br)c(CN2C(=O)OC(c3cc(C(F)(F)F)cc(C(F)(F)F)c3)C2C)c1. The fraction of sp³-hybridized carbons (Fsp3) is 0.350. The van der Waals surface area contributed by atoms with Gasteiger partial charge in [0.1, 0.15) is 6.10 Å². The van der Waals surface area contributed by atoms with Gasteiger partial charge in [-0.25, -0.2) is 4.79 Å². The van der Waals surface area contributed by atoms with Crippen molar-refractivity contribution in [1.82, 2.24) is 4.90 Å². The zero-order chi connectivity index (χ0) is 23.1. The van der Waals surface area contributed by atoms with Crippen LogP contribution in [0.25, 0.3) is 0 Å². The Labute approximate surface area is 186 Å². The minimum atomic E-state index is -4.98. The molecule has 1 fully saturated rings. The standard InChI is InChI=1S/C20H16BrF6NO2S/c1-10-17(11-5-13(19(22,23)24)8-14(6-11)20(25,26)27)30-18(29)28(10)9-12-7-15(31-2)3-4-16(12)21/h3-8,10,17H,9H2,1-2H3. The minimum absolute atomic E-state index is 0.0493. The van der Waals surface area contributed by atoms with E-state index in [4.69, 9.17) is 4.74 Å². The number of nitrogens with zero attached hydrogens (tertiary/aromatic N) is 1. The first-order valence-corrected chi connectivity index (χ1v) is 10.9. The summed E-state index contributed by atoms with van der Waals surface area (Å²) in [7, 11) is 0. The Morgan fingerprint density at radius 3 is 2.13 bits per heavy atom. The van der Waals surface area contributed by atoms with Gasteiger partial charge >= 0.3 is 18.4 Å². The molecule has 2 atom stereocenters. The third kappa shape index (κ3) is 5.14. The van der Waals surface area contributed by atoms with Gasteiger partial charge in [0.2, 0.25) is 0 Å². The Morgan fingerprint density at radius 1 is 1.03 bits per heavy atom. The van der Waals surface area contributed by atoms with Crippen LogP contribution in [0.15, 0.2) is 45.8 Å². The number of halogens is 7. The number of alkyl halides is 6. The van der Waals surface area contributed by atoms with Crippen LogP contribution >= 0.6 is 27.7 Å². The average Bonchev–Trinajstić information content (AvgIpc) is 2.96. The normalized spacial score (nSPS) is 19.6. The first kappa shape index (κ1) is 23.8. The van der Waals surface area contributed by atoms with Crippen LogP contribution in [0.1, 0.15) is 35.3 Å². The number of benzene rings is 2. The molecule has 168 valence electrons. The molecule has 3 rings (SSSR count). The summed E-state index contributed by atoms with van der Waals surface area (Å²) < 4.78 is 85.0. The van der Waals surface area contributed by atoms with Gasteiger partial charge in [-0.1, -0.05) is 15.9 Å². The molecule has 0 bridgehead atoms. The highest BCUT2D eigenvalue weighted by Crippen LogP contribution is 2.41. The molecule has 0 saturated carbocycles. The van der Waals surface area contributed by atoms with E-state index in [1.54, 1.807) is 6.07 Å². The number of hydrogen-bond acceptors (Lipinski definition) is 3. The van der Waals surface area contributed by atoms with Gasteiger partial charge < -0.3 is 4.74 Å². The molecule has 1 aliphatic rings. The largest absolute Gasteiger partial charge is 0.439 e. The molecule has 1 aliphatic heterocycles. The van der Waals surface area contributed by atoms with E-state index in [1.165, 1.54) is 23.6 Å². The quantitative estimate of drug-likeness (QED) is 0.309. The van der Waals surface area contributed by atoms with Crippen LogP contribution in [0.5, 0.6) is 0 Å².